The van der Waals surface area contributed by atoms with Gasteiger partial charge in [0.25, 0.3) is 0 Å². The molecule has 0 bridgehead atoms. The van der Waals surface area contributed by atoms with Crippen LogP contribution in [0.5, 0.6) is 0 Å². The van der Waals surface area contributed by atoms with E-state index in [2.05, 4.69) is 15.9 Å². The molecule has 0 aliphatic heterocycles. The van der Waals surface area contributed by atoms with Gasteiger partial charge < -0.3 is 0 Å². The Morgan fingerprint density at radius 1 is 1.00 bits per heavy atom. The number of rotatable bonds is 4. The second-order valence-electron chi connectivity index (χ2n) is 4.21. The van der Waals surface area contributed by atoms with Crippen LogP contribution in [-0.2, 0) is 10.0 Å². The topological polar surface area (TPSA) is 77.2 Å². The van der Waals surface area contributed by atoms with Gasteiger partial charge in [0.05, 0.1) is 4.90 Å². The Morgan fingerprint density at radius 3 is 2.05 bits per heavy atom. The maximum atomic E-state index is 12.2. The number of hydrogen-bond acceptors (Lipinski definition) is 3. The van der Waals surface area contributed by atoms with E-state index >= 15 is 0 Å². The molecule has 2 N–H and O–H groups in total. The summed E-state index contributed by atoms with van der Waals surface area (Å²) in [7, 11) is -3.72. The minimum Gasteiger partial charge on any atom is -0.293 e. The number of alkyl halides is 1. The molecule has 0 aromatic heterocycles. The Bertz CT molecular complexity index is 712. The summed E-state index contributed by atoms with van der Waals surface area (Å²) in [4.78, 5) is 11.7. The van der Waals surface area contributed by atoms with Gasteiger partial charge in [-0.2, -0.15) is 0 Å². The molecule has 20 heavy (non-hydrogen) atoms. The molecule has 6 heteroatoms. The highest BCUT2D eigenvalue weighted by Gasteiger charge is 2.19. The number of carbonyl (C=O) groups excluding carboxylic acids is 1. The van der Waals surface area contributed by atoms with Gasteiger partial charge in [0.15, 0.2) is 5.78 Å². The molecule has 0 heterocycles. The third-order valence-corrected chi connectivity index (χ3v) is 4.66. The van der Waals surface area contributed by atoms with Gasteiger partial charge in [-0.1, -0.05) is 58.4 Å². The normalized spacial score (nSPS) is 12.9. The van der Waals surface area contributed by atoms with Crippen LogP contribution in [0.2, 0.25) is 0 Å². The lowest BCUT2D eigenvalue weighted by Crippen LogP contribution is -2.12. The fourth-order valence-corrected chi connectivity index (χ4v) is 2.81. The van der Waals surface area contributed by atoms with Gasteiger partial charge in [0.1, 0.15) is 4.83 Å². The molecule has 4 nitrogen and oxygen atoms in total. The number of halogens is 1. The highest BCUT2D eigenvalue weighted by molar-refractivity contribution is 9.09. The van der Waals surface area contributed by atoms with E-state index in [1.165, 1.54) is 12.1 Å². The van der Waals surface area contributed by atoms with Crippen molar-refractivity contribution in [1.82, 2.24) is 0 Å². The summed E-state index contributed by atoms with van der Waals surface area (Å²) in [6.45, 7) is 0. The van der Waals surface area contributed by atoms with Crippen LogP contribution in [0.25, 0.3) is 0 Å². The van der Waals surface area contributed by atoms with Gasteiger partial charge in [-0.3, -0.25) is 4.79 Å². The van der Waals surface area contributed by atoms with Crippen LogP contribution in [0.3, 0.4) is 0 Å². The molecular formula is C14H12BrNO3S. The zero-order valence-corrected chi connectivity index (χ0v) is 12.8. The largest absolute Gasteiger partial charge is 0.293 e. The molecule has 0 unspecified atom stereocenters. The number of primary sulfonamides is 1. The van der Waals surface area contributed by atoms with Crippen molar-refractivity contribution in [1.29, 1.82) is 0 Å². The molecular weight excluding hydrogens is 342 g/mol. The lowest BCUT2D eigenvalue weighted by atomic mass is 10.0. The summed E-state index contributed by atoms with van der Waals surface area (Å²) in [5, 5.41) is 5.03. The first-order chi connectivity index (χ1) is 9.39. The van der Waals surface area contributed by atoms with Crippen molar-refractivity contribution in [3.8, 4) is 0 Å². The predicted octanol–water partition coefficient (Wildman–Crippen LogP) is 2.65. The van der Waals surface area contributed by atoms with Gasteiger partial charge in [0, 0.05) is 5.56 Å². The van der Waals surface area contributed by atoms with Crippen molar-refractivity contribution in [2.75, 3.05) is 0 Å². The third kappa shape index (κ3) is 3.33. The highest BCUT2D eigenvalue weighted by atomic mass is 79.9. The standard InChI is InChI=1S/C14H12BrNO3S/c15-13(14(17)11-4-2-1-3-5-11)10-6-8-12(9-7-10)20(16,18)19/h1-9,13H,(H2,16,18,19)/t13-/m1/s1. The van der Waals surface area contributed by atoms with Crippen LogP contribution in [0.15, 0.2) is 59.5 Å². The van der Waals surface area contributed by atoms with Crippen molar-refractivity contribution in [2.45, 2.75) is 9.72 Å². The third-order valence-electron chi connectivity index (χ3n) is 2.79. The summed E-state index contributed by atoms with van der Waals surface area (Å²) >= 11 is 3.33. The molecule has 2 rings (SSSR count). The predicted molar refractivity (Wildman–Crippen MR) is 80.3 cm³/mol. The summed E-state index contributed by atoms with van der Waals surface area (Å²) in [5.74, 6) is -0.0889. The molecule has 0 saturated carbocycles. The van der Waals surface area contributed by atoms with E-state index in [9.17, 15) is 13.2 Å². The highest BCUT2D eigenvalue weighted by Crippen LogP contribution is 2.27. The van der Waals surface area contributed by atoms with Crippen LogP contribution < -0.4 is 5.14 Å². The Kier molecular flexibility index (Phi) is 4.37. The molecule has 104 valence electrons. The molecule has 1 atom stereocenters. The SMILES string of the molecule is NS(=O)(=O)c1ccc([C@@H](Br)C(=O)c2ccccc2)cc1. The van der Waals surface area contributed by atoms with E-state index in [-0.39, 0.29) is 10.7 Å². The van der Waals surface area contributed by atoms with Crippen molar-refractivity contribution >= 4 is 31.7 Å². The van der Waals surface area contributed by atoms with E-state index in [1.54, 1.807) is 36.4 Å². The van der Waals surface area contributed by atoms with E-state index in [0.29, 0.717) is 11.1 Å². The molecule has 0 saturated heterocycles. The quantitative estimate of drug-likeness (QED) is 0.677. The summed E-state index contributed by atoms with van der Waals surface area (Å²) in [6, 6.07) is 14.8. The second-order valence-corrected chi connectivity index (χ2v) is 6.68. The maximum absolute atomic E-state index is 12.2. The minimum absolute atomic E-state index is 0.0214. The molecule has 0 spiro atoms. The van der Waals surface area contributed by atoms with Crippen LogP contribution in [0.1, 0.15) is 20.7 Å². The number of hydrogen-bond donors (Lipinski definition) is 1. The molecule has 2 aromatic carbocycles. The molecule has 0 fully saturated rings. The van der Waals surface area contributed by atoms with Crippen LogP contribution in [0, 0.1) is 0 Å². The van der Waals surface area contributed by atoms with Gasteiger partial charge in [-0.05, 0) is 17.7 Å². The molecule has 0 aliphatic rings. The number of benzene rings is 2. The Morgan fingerprint density at radius 2 is 1.55 bits per heavy atom. The minimum atomic E-state index is -3.72. The lowest BCUT2D eigenvalue weighted by Gasteiger charge is -2.10. The summed E-state index contributed by atoms with van der Waals surface area (Å²) in [6.07, 6.45) is 0. The fourth-order valence-electron chi connectivity index (χ4n) is 1.73. The number of carbonyl (C=O) groups is 1. The molecule has 0 aliphatic carbocycles. The van der Waals surface area contributed by atoms with Crippen LogP contribution in [-0.4, -0.2) is 14.2 Å². The average molecular weight is 354 g/mol. The van der Waals surface area contributed by atoms with Crippen molar-refractivity contribution in [2.24, 2.45) is 5.14 Å². The molecule has 0 radical (unpaired) electrons. The number of sulfonamides is 1. The van der Waals surface area contributed by atoms with Gasteiger partial charge in [-0.25, -0.2) is 13.6 Å². The zero-order chi connectivity index (χ0) is 14.8. The second kappa shape index (κ2) is 5.87. The number of nitrogens with two attached hydrogens (primary N) is 1. The summed E-state index contributed by atoms with van der Waals surface area (Å²) < 4.78 is 22.3. The molecule has 2 aromatic rings. The maximum Gasteiger partial charge on any atom is 0.238 e. The van der Waals surface area contributed by atoms with Gasteiger partial charge >= 0.3 is 0 Å². The Hall–Kier alpha value is -1.50. The first kappa shape index (κ1) is 14.9. The number of Topliss-reactive ketones (excluding diaryl/α,β-unsaturated/α-hetero) is 1. The number of ketones is 1. The van der Waals surface area contributed by atoms with Crippen molar-refractivity contribution in [3.05, 3.63) is 65.7 Å². The van der Waals surface area contributed by atoms with Crippen LogP contribution >= 0.6 is 15.9 Å². The Balaban J connectivity index is 2.26. The van der Waals surface area contributed by atoms with E-state index in [4.69, 9.17) is 5.14 Å². The lowest BCUT2D eigenvalue weighted by molar-refractivity contribution is 0.0991. The summed E-state index contributed by atoms with van der Waals surface area (Å²) in [5.41, 5.74) is 1.26. The van der Waals surface area contributed by atoms with Crippen molar-refractivity contribution < 1.29 is 13.2 Å². The van der Waals surface area contributed by atoms with E-state index < -0.39 is 14.9 Å². The van der Waals surface area contributed by atoms with Crippen molar-refractivity contribution in [3.63, 3.8) is 0 Å². The first-order valence-electron chi connectivity index (χ1n) is 5.75. The first-order valence-corrected chi connectivity index (χ1v) is 8.22. The smallest absolute Gasteiger partial charge is 0.238 e. The zero-order valence-electron chi connectivity index (χ0n) is 10.4. The monoisotopic (exact) mass is 353 g/mol. The molecule has 0 amide bonds. The van der Waals surface area contributed by atoms with Gasteiger partial charge in [-0.15, -0.1) is 0 Å². The van der Waals surface area contributed by atoms with E-state index in [1.807, 2.05) is 6.07 Å². The van der Waals surface area contributed by atoms with E-state index in [0.717, 1.165) is 0 Å². The fraction of sp³-hybridized carbons (Fsp3) is 0.0714. The van der Waals surface area contributed by atoms with Gasteiger partial charge in [0.2, 0.25) is 10.0 Å². The average Bonchev–Trinajstić information content (AvgIpc) is 2.46. The van der Waals surface area contributed by atoms with Crippen LogP contribution in [0.4, 0.5) is 0 Å². The Labute approximate surface area is 125 Å².